The molecule has 2 atom stereocenters. The van der Waals surface area contributed by atoms with Gasteiger partial charge in [0.25, 0.3) is 0 Å². The summed E-state index contributed by atoms with van der Waals surface area (Å²) in [7, 11) is -1.76. The van der Waals surface area contributed by atoms with Crippen molar-refractivity contribution < 1.29 is 14.1 Å². The lowest BCUT2D eigenvalue weighted by Gasteiger charge is -2.45. The van der Waals surface area contributed by atoms with Crippen LogP contribution in [0.3, 0.4) is 0 Å². The van der Waals surface area contributed by atoms with Gasteiger partial charge >= 0.3 is 0 Å². The van der Waals surface area contributed by atoms with Gasteiger partial charge in [-0.25, -0.2) is 0 Å². The number of nitrogens with zero attached hydrogens (tertiary/aromatic N) is 1. The first-order valence-electron chi connectivity index (χ1n) is 14.4. The van der Waals surface area contributed by atoms with Crippen molar-refractivity contribution in [2.75, 3.05) is 6.61 Å². The zero-order valence-corrected chi connectivity index (χ0v) is 26.5. The maximum absolute atomic E-state index is 11.4. The van der Waals surface area contributed by atoms with Crippen molar-refractivity contribution in [3.63, 3.8) is 0 Å². The minimum absolute atomic E-state index is 0.00922. The Labute approximate surface area is 239 Å². The first-order chi connectivity index (χ1) is 18.7. The Balaban J connectivity index is 1.98. The van der Waals surface area contributed by atoms with Gasteiger partial charge in [0.2, 0.25) is 11.2 Å². The molecule has 2 aromatic heterocycles. The summed E-state index contributed by atoms with van der Waals surface area (Å²) in [6.07, 6.45) is 2.05. The number of rotatable bonds is 3. The van der Waals surface area contributed by atoms with Crippen LogP contribution in [-0.2, 0) is 16.4 Å². The molecule has 1 aliphatic rings. The van der Waals surface area contributed by atoms with Crippen LogP contribution in [-0.4, -0.2) is 19.8 Å². The average molecular weight is 549 g/mol. The molecule has 0 spiro atoms. The van der Waals surface area contributed by atoms with E-state index in [0.717, 1.165) is 32.9 Å². The number of pyridine rings is 1. The molecule has 1 aliphatic heterocycles. The summed E-state index contributed by atoms with van der Waals surface area (Å²) < 4.78 is 9.31. The van der Waals surface area contributed by atoms with Crippen LogP contribution in [0.4, 0.5) is 0 Å². The van der Waals surface area contributed by atoms with Crippen LogP contribution in [0, 0.1) is 6.92 Å². The number of benzene rings is 3. The van der Waals surface area contributed by atoms with E-state index in [1.807, 2.05) is 0 Å². The number of hydrogen-bond acceptors (Lipinski definition) is 2. The van der Waals surface area contributed by atoms with Crippen LogP contribution in [0.2, 0.25) is 19.6 Å². The number of aliphatic hydroxyl groups is 1. The lowest BCUT2D eigenvalue weighted by atomic mass is 9.61. The molecule has 5 aromatic rings. The van der Waals surface area contributed by atoms with Gasteiger partial charge in [-0.15, -0.1) is 0 Å². The van der Waals surface area contributed by atoms with Crippen molar-refractivity contribution >= 4 is 46.1 Å². The second-order valence-electron chi connectivity index (χ2n) is 14.2. The van der Waals surface area contributed by atoms with E-state index in [-0.39, 0.29) is 12.0 Å². The Kier molecular flexibility index (Phi) is 5.67. The summed E-state index contributed by atoms with van der Waals surface area (Å²) in [5, 5.41) is 17.2. The van der Waals surface area contributed by atoms with Crippen molar-refractivity contribution in [1.29, 1.82) is 0 Å². The van der Waals surface area contributed by atoms with Gasteiger partial charge in [0.15, 0.2) is 11.1 Å². The van der Waals surface area contributed by atoms with Crippen molar-refractivity contribution in [2.45, 2.75) is 77.6 Å². The molecular weight excluding hydrogens is 506 g/mol. The van der Waals surface area contributed by atoms with Gasteiger partial charge in [0.1, 0.15) is 8.07 Å². The van der Waals surface area contributed by atoms with E-state index in [0.29, 0.717) is 0 Å². The number of aliphatic hydroxyl groups excluding tert-OH is 1. The molecule has 3 heterocycles. The monoisotopic (exact) mass is 548 g/mol. The molecular formula is C36H42NO2Si+. The third-order valence-electron chi connectivity index (χ3n) is 9.62. The Morgan fingerprint density at radius 2 is 1.65 bits per heavy atom. The predicted molar refractivity (Wildman–Crippen MR) is 172 cm³/mol. The highest BCUT2D eigenvalue weighted by Gasteiger charge is 2.59. The third-order valence-corrected chi connectivity index (χ3v) is 11.3. The van der Waals surface area contributed by atoms with E-state index in [1.54, 1.807) is 0 Å². The normalized spacial score (nSPS) is 21.1. The summed E-state index contributed by atoms with van der Waals surface area (Å²) in [4.78, 5) is 0. The molecule has 40 heavy (non-hydrogen) atoms. The summed E-state index contributed by atoms with van der Waals surface area (Å²) in [6.45, 7) is 24.9. The van der Waals surface area contributed by atoms with Gasteiger partial charge in [0, 0.05) is 13.0 Å². The molecule has 6 rings (SSSR count). The second-order valence-corrected chi connectivity index (χ2v) is 19.2. The standard InChI is InChI=1S/C36H42NO2Si/c1-11-36(7)35(6,21-38)31-24-17-13-12-16-23(24)27(34(3,4)5)19-25(31)32-26-20-29(40(8,9)10)39-33(26)30-22(2)15-14-18-28(30)37(32)36/h11-20,38H,1,21H2,2-10H3/q+1. The summed E-state index contributed by atoms with van der Waals surface area (Å²) >= 11 is 0. The number of allylic oxidation sites excluding steroid dienone is 1. The maximum Gasteiger partial charge on any atom is 0.225 e. The molecule has 3 aromatic carbocycles. The summed E-state index contributed by atoms with van der Waals surface area (Å²) in [6, 6.07) is 20.0. The van der Waals surface area contributed by atoms with Crippen molar-refractivity contribution in [3.05, 3.63) is 83.9 Å². The van der Waals surface area contributed by atoms with Gasteiger partial charge in [0.05, 0.1) is 33.7 Å². The topological polar surface area (TPSA) is 37.2 Å². The Morgan fingerprint density at radius 1 is 0.975 bits per heavy atom. The lowest BCUT2D eigenvalue weighted by molar-refractivity contribution is -0.728. The van der Waals surface area contributed by atoms with Crippen LogP contribution in [0.15, 0.2) is 71.7 Å². The number of furan rings is 1. The minimum atomic E-state index is -1.76. The van der Waals surface area contributed by atoms with E-state index in [2.05, 4.69) is 133 Å². The average Bonchev–Trinajstić information content (AvgIpc) is 3.35. The first kappa shape index (κ1) is 27.0. The fourth-order valence-electron chi connectivity index (χ4n) is 7.08. The number of fused-ring (bicyclic) bond motifs is 10. The smallest absolute Gasteiger partial charge is 0.225 e. The minimum Gasteiger partial charge on any atom is -0.465 e. The zero-order chi connectivity index (χ0) is 29.0. The van der Waals surface area contributed by atoms with Gasteiger partial charge in [-0.05, 0) is 64.9 Å². The fraction of sp³-hybridized carbons (Fsp3) is 0.361. The van der Waals surface area contributed by atoms with Gasteiger partial charge < -0.3 is 9.52 Å². The molecule has 3 nitrogen and oxygen atoms in total. The quantitative estimate of drug-likeness (QED) is 0.141. The van der Waals surface area contributed by atoms with Crippen molar-refractivity contribution in [3.8, 4) is 11.3 Å². The molecule has 0 saturated heterocycles. The molecule has 1 N–H and O–H groups in total. The largest absolute Gasteiger partial charge is 0.465 e. The van der Waals surface area contributed by atoms with Crippen LogP contribution in [0.1, 0.15) is 51.3 Å². The molecule has 2 unspecified atom stereocenters. The van der Waals surface area contributed by atoms with Crippen LogP contribution < -0.4 is 9.95 Å². The molecule has 4 heteroatoms. The SMILES string of the molecule is C=CC1(C)[n+]2c(c3cc([Si](C)(C)C)oc3c3c(C)cccc32)-c2cc(C(C)(C)C)c3ccccc3c2C1(C)CO. The third kappa shape index (κ3) is 3.36. The number of aryl methyl sites for hydroxylation is 1. The predicted octanol–water partition coefficient (Wildman–Crippen LogP) is 8.01. The molecule has 0 bridgehead atoms. The number of aromatic nitrogens is 1. The zero-order valence-electron chi connectivity index (χ0n) is 25.5. The lowest BCUT2D eigenvalue weighted by Crippen LogP contribution is -2.68. The highest BCUT2D eigenvalue weighted by molar-refractivity contribution is 6.88. The Bertz CT molecular complexity index is 1870. The summed E-state index contributed by atoms with van der Waals surface area (Å²) in [5.74, 6) is 0. The van der Waals surface area contributed by atoms with Gasteiger partial charge in [-0.3, -0.25) is 0 Å². The van der Waals surface area contributed by atoms with E-state index in [4.69, 9.17) is 4.42 Å². The second kappa shape index (κ2) is 8.40. The highest BCUT2D eigenvalue weighted by Crippen LogP contribution is 2.53. The van der Waals surface area contributed by atoms with E-state index >= 15 is 0 Å². The van der Waals surface area contributed by atoms with Crippen LogP contribution >= 0.6 is 0 Å². The molecule has 0 aliphatic carbocycles. The van der Waals surface area contributed by atoms with Crippen LogP contribution in [0.5, 0.6) is 0 Å². The van der Waals surface area contributed by atoms with Crippen LogP contribution in [0.25, 0.3) is 43.9 Å². The number of hydrogen-bond donors (Lipinski definition) is 1. The highest BCUT2D eigenvalue weighted by atomic mass is 28.3. The van der Waals surface area contributed by atoms with Crippen molar-refractivity contribution in [2.24, 2.45) is 0 Å². The van der Waals surface area contributed by atoms with E-state index < -0.39 is 19.0 Å². The summed E-state index contributed by atoms with van der Waals surface area (Å²) in [5.41, 5.74) is 6.76. The van der Waals surface area contributed by atoms with Crippen molar-refractivity contribution in [1.82, 2.24) is 0 Å². The van der Waals surface area contributed by atoms with E-state index in [9.17, 15) is 5.11 Å². The molecule has 0 fully saturated rings. The Hall–Kier alpha value is -3.21. The molecule has 206 valence electrons. The molecule has 0 saturated carbocycles. The first-order valence-corrected chi connectivity index (χ1v) is 17.9. The Morgan fingerprint density at radius 3 is 2.25 bits per heavy atom. The molecule has 0 radical (unpaired) electrons. The maximum atomic E-state index is 11.4. The fourth-order valence-corrected chi connectivity index (χ4v) is 8.06. The van der Waals surface area contributed by atoms with Gasteiger partial charge in [-0.1, -0.05) is 83.4 Å². The molecule has 0 amide bonds. The van der Waals surface area contributed by atoms with E-state index in [1.165, 1.54) is 33.0 Å². The van der Waals surface area contributed by atoms with Gasteiger partial charge in [-0.2, -0.15) is 4.57 Å².